The molecule has 0 nitrogen and oxygen atoms in total. The molecular weight excluding hydrogens is 383 g/mol. The molecule has 0 aromatic heterocycles. The molecule has 0 bridgehead atoms. The van der Waals surface area contributed by atoms with Gasteiger partial charge in [-0.05, 0) is 69.1 Å². The second-order valence-electron chi connectivity index (χ2n) is 7.50. The van der Waals surface area contributed by atoms with Crippen LogP contribution in [0.1, 0.15) is 33.4 Å². The second kappa shape index (κ2) is 5.98. The number of rotatable bonds is 2. The van der Waals surface area contributed by atoms with Crippen LogP contribution in [0.5, 0.6) is 0 Å². The molecule has 2 heteroatoms. The molecule has 0 atom stereocenters. The van der Waals surface area contributed by atoms with Crippen molar-refractivity contribution in [2.24, 2.45) is 0 Å². The number of aryl methyl sites for hydroxylation is 2. The summed E-state index contributed by atoms with van der Waals surface area (Å²) in [5.74, 6) is 0. The lowest BCUT2D eigenvalue weighted by Crippen LogP contribution is -1.92. The van der Waals surface area contributed by atoms with E-state index >= 15 is 0 Å². The van der Waals surface area contributed by atoms with Crippen molar-refractivity contribution in [3.8, 4) is 0 Å². The van der Waals surface area contributed by atoms with Crippen LogP contribution < -0.4 is 0 Å². The lowest BCUT2D eigenvalue weighted by molar-refractivity contribution is 1.02. The van der Waals surface area contributed by atoms with Crippen LogP contribution in [-0.2, 0) is 12.8 Å². The highest BCUT2D eigenvalue weighted by atomic mass is 35.5. The van der Waals surface area contributed by atoms with Gasteiger partial charge in [0.25, 0.3) is 0 Å². The van der Waals surface area contributed by atoms with Crippen molar-refractivity contribution in [1.29, 1.82) is 0 Å². The van der Waals surface area contributed by atoms with Gasteiger partial charge >= 0.3 is 0 Å². The van der Waals surface area contributed by atoms with Gasteiger partial charge in [-0.15, -0.1) is 0 Å². The molecule has 4 aromatic carbocycles. The third-order valence-corrected chi connectivity index (χ3v) is 6.73. The first-order chi connectivity index (χ1) is 13.7. The predicted octanol–water partition coefficient (Wildman–Crippen LogP) is 7.57. The Morgan fingerprint density at radius 1 is 0.464 bits per heavy atom. The first-order valence-corrected chi connectivity index (χ1v) is 10.3. The average Bonchev–Trinajstić information content (AvgIpc) is 3.27. The van der Waals surface area contributed by atoms with Crippen LogP contribution in [0.3, 0.4) is 0 Å². The molecular formula is C26H16Cl2. The summed E-state index contributed by atoms with van der Waals surface area (Å²) in [4.78, 5) is 0. The Morgan fingerprint density at radius 2 is 0.929 bits per heavy atom. The largest absolute Gasteiger partial charge is 0.0837 e. The quantitative estimate of drug-likeness (QED) is 0.287. The van der Waals surface area contributed by atoms with Gasteiger partial charge in [-0.2, -0.15) is 0 Å². The van der Waals surface area contributed by atoms with Crippen LogP contribution >= 0.6 is 23.2 Å². The summed E-state index contributed by atoms with van der Waals surface area (Å²) >= 11 is 13.4. The van der Waals surface area contributed by atoms with Crippen molar-refractivity contribution in [2.45, 2.75) is 12.8 Å². The molecule has 0 saturated carbocycles. The molecule has 2 aliphatic carbocycles. The zero-order valence-corrected chi connectivity index (χ0v) is 16.6. The second-order valence-corrected chi connectivity index (χ2v) is 8.32. The van der Waals surface area contributed by atoms with Crippen LogP contribution in [-0.4, -0.2) is 0 Å². The van der Waals surface area contributed by atoms with Gasteiger partial charge in [-0.25, -0.2) is 0 Å². The fraction of sp³-hybridized carbons (Fsp3) is 0.0769. The minimum absolute atomic E-state index is 0.766. The summed E-state index contributed by atoms with van der Waals surface area (Å²) in [6.07, 6.45) is 2.25. The first-order valence-electron chi connectivity index (χ1n) is 9.56. The lowest BCUT2D eigenvalue weighted by atomic mass is 9.92. The molecule has 0 unspecified atom stereocenters. The molecule has 6 rings (SSSR count). The molecule has 2 aliphatic rings. The fourth-order valence-electron chi connectivity index (χ4n) is 4.90. The summed E-state index contributed by atoms with van der Waals surface area (Å²) < 4.78 is 0. The molecule has 0 N–H and O–H groups in total. The Morgan fingerprint density at radius 3 is 1.39 bits per heavy atom. The average molecular weight is 399 g/mol. The Hall–Kier alpha value is -2.54. The van der Waals surface area contributed by atoms with E-state index in [1.54, 1.807) is 0 Å². The number of halogens is 2. The van der Waals surface area contributed by atoms with Crippen LogP contribution in [0, 0.1) is 0 Å². The standard InChI is InChI=1S/C26H16Cl2/c27-21-7-3-1-5-17(21)24-19-13-11-15-9-10-16-12-14-20(26(19)23(15)16)25(24)18-6-2-4-8-22(18)28/h1-8,11-14H,9-10H2. The van der Waals surface area contributed by atoms with E-state index in [1.165, 1.54) is 44.2 Å². The van der Waals surface area contributed by atoms with Gasteiger partial charge in [0.2, 0.25) is 0 Å². The normalized spacial score (nSPS) is 14.4. The van der Waals surface area contributed by atoms with Crippen molar-refractivity contribution < 1.29 is 0 Å². The molecule has 0 amide bonds. The maximum atomic E-state index is 6.68. The van der Waals surface area contributed by atoms with E-state index in [1.807, 2.05) is 24.3 Å². The lowest BCUT2D eigenvalue weighted by Gasteiger charge is -2.13. The SMILES string of the molecule is Clc1ccccc1C1=C(c2ccccc2Cl)c2ccc3c4c(ccc1c24)CC3. The first kappa shape index (κ1) is 16.4. The Balaban J connectivity index is 1.80. The van der Waals surface area contributed by atoms with E-state index in [-0.39, 0.29) is 0 Å². The summed E-state index contributed by atoms with van der Waals surface area (Å²) in [6.45, 7) is 0. The molecule has 4 aromatic rings. The van der Waals surface area contributed by atoms with Gasteiger partial charge in [0.05, 0.1) is 0 Å². The maximum Gasteiger partial charge on any atom is 0.0484 e. The summed E-state index contributed by atoms with van der Waals surface area (Å²) in [5, 5.41) is 4.32. The summed E-state index contributed by atoms with van der Waals surface area (Å²) in [7, 11) is 0. The van der Waals surface area contributed by atoms with Crippen molar-refractivity contribution in [3.63, 3.8) is 0 Å². The highest BCUT2D eigenvalue weighted by molar-refractivity contribution is 6.36. The molecule has 134 valence electrons. The molecule has 0 radical (unpaired) electrons. The van der Waals surface area contributed by atoms with Gasteiger partial charge in [-0.1, -0.05) is 83.9 Å². The zero-order chi connectivity index (χ0) is 18.8. The van der Waals surface area contributed by atoms with E-state index in [0.717, 1.165) is 34.0 Å². The van der Waals surface area contributed by atoms with Gasteiger partial charge in [0, 0.05) is 21.2 Å². The maximum absolute atomic E-state index is 6.68. The molecule has 0 fully saturated rings. The molecule has 0 aliphatic heterocycles. The minimum atomic E-state index is 0.766. The van der Waals surface area contributed by atoms with Crippen molar-refractivity contribution in [1.82, 2.24) is 0 Å². The highest BCUT2D eigenvalue weighted by Crippen LogP contribution is 2.52. The Bertz CT molecular complexity index is 1230. The van der Waals surface area contributed by atoms with E-state index in [2.05, 4.69) is 48.5 Å². The summed E-state index contributed by atoms with van der Waals surface area (Å²) in [6, 6.07) is 25.4. The molecule has 0 saturated heterocycles. The van der Waals surface area contributed by atoms with E-state index in [4.69, 9.17) is 23.2 Å². The van der Waals surface area contributed by atoms with Crippen molar-refractivity contribution >= 4 is 45.1 Å². The number of benzene rings is 4. The number of hydrogen-bond donors (Lipinski definition) is 0. The van der Waals surface area contributed by atoms with Crippen LogP contribution in [0.4, 0.5) is 0 Å². The number of hydrogen-bond acceptors (Lipinski definition) is 0. The topological polar surface area (TPSA) is 0 Å². The van der Waals surface area contributed by atoms with E-state index in [9.17, 15) is 0 Å². The van der Waals surface area contributed by atoms with Gasteiger partial charge < -0.3 is 0 Å². The minimum Gasteiger partial charge on any atom is -0.0837 e. The van der Waals surface area contributed by atoms with Crippen molar-refractivity contribution in [3.05, 3.63) is 116 Å². The fourth-order valence-corrected chi connectivity index (χ4v) is 5.36. The molecule has 0 spiro atoms. The van der Waals surface area contributed by atoms with Crippen LogP contribution in [0.25, 0.3) is 21.9 Å². The Labute approximate surface area is 174 Å². The van der Waals surface area contributed by atoms with Gasteiger partial charge in [0.1, 0.15) is 0 Å². The molecule has 0 heterocycles. The van der Waals surface area contributed by atoms with E-state index < -0.39 is 0 Å². The monoisotopic (exact) mass is 398 g/mol. The van der Waals surface area contributed by atoms with Gasteiger partial charge in [-0.3, -0.25) is 0 Å². The smallest absolute Gasteiger partial charge is 0.0484 e. The predicted molar refractivity (Wildman–Crippen MR) is 119 cm³/mol. The van der Waals surface area contributed by atoms with E-state index in [0.29, 0.717) is 0 Å². The van der Waals surface area contributed by atoms with Crippen LogP contribution in [0.15, 0.2) is 72.8 Å². The van der Waals surface area contributed by atoms with Gasteiger partial charge in [0.15, 0.2) is 0 Å². The summed E-state index contributed by atoms with van der Waals surface area (Å²) in [5.41, 5.74) is 9.92. The highest BCUT2D eigenvalue weighted by Gasteiger charge is 2.31. The third-order valence-electron chi connectivity index (χ3n) is 6.07. The van der Waals surface area contributed by atoms with Crippen molar-refractivity contribution in [2.75, 3.05) is 0 Å². The molecule has 28 heavy (non-hydrogen) atoms. The zero-order valence-electron chi connectivity index (χ0n) is 15.1. The Kier molecular flexibility index (Phi) is 3.50. The van der Waals surface area contributed by atoms with Crippen LogP contribution in [0.2, 0.25) is 10.0 Å². The third kappa shape index (κ3) is 2.13.